The molecule has 4 rings (SSSR count). The van der Waals surface area contributed by atoms with Crippen LogP contribution in [0.25, 0.3) is 0 Å². The van der Waals surface area contributed by atoms with E-state index in [-0.39, 0.29) is 30.3 Å². The molecule has 0 saturated carbocycles. The van der Waals surface area contributed by atoms with Gasteiger partial charge in [-0.05, 0) is 55.3 Å². The maximum Gasteiger partial charge on any atom is 0.417 e. The third-order valence-corrected chi connectivity index (χ3v) is 6.09. The largest absolute Gasteiger partial charge is 0.417 e. The van der Waals surface area contributed by atoms with E-state index in [4.69, 9.17) is 0 Å². The molecule has 3 aromatic rings. The molecular formula is C25H24F3N5O2. The number of carbonyl (C=O) groups is 2. The number of amides is 2. The maximum atomic E-state index is 13.3. The first kappa shape index (κ1) is 24.2. The summed E-state index contributed by atoms with van der Waals surface area (Å²) >= 11 is 0. The second kappa shape index (κ2) is 9.73. The molecule has 2 aromatic carbocycles. The Morgan fingerprint density at radius 2 is 1.60 bits per heavy atom. The molecule has 0 unspecified atom stereocenters. The molecule has 7 nitrogen and oxygen atoms in total. The molecule has 0 radical (unpaired) electrons. The number of carbonyl (C=O) groups excluding carboxylic acids is 2. The molecule has 2 amide bonds. The van der Waals surface area contributed by atoms with Gasteiger partial charge in [0.15, 0.2) is 11.5 Å². The average Bonchev–Trinajstić information content (AvgIpc) is 2.86. The van der Waals surface area contributed by atoms with Gasteiger partial charge in [-0.2, -0.15) is 13.2 Å². The topological polar surface area (TPSA) is 78.4 Å². The lowest BCUT2D eigenvalue weighted by atomic mass is 10.1. The van der Waals surface area contributed by atoms with Crippen molar-refractivity contribution >= 4 is 23.3 Å². The number of halogens is 3. The molecule has 1 N–H and O–H groups in total. The van der Waals surface area contributed by atoms with E-state index in [2.05, 4.69) is 15.5 Å². The van der Waals surface area contributed by atoms with E-state index in [1.54, 1.807) is 12.1 Å². The Labute approximate surface area is 200 Å². The van der Waals surface area contributed by atoms with Crippen LogP contribution in [0.5, 0.6) is 0 Å². The monoisotopic (exact) mass is 483 g/mol. The van der Waals surface area contributed by atoms with Gasteiger partial charge in [0.25, 0.3) is 11.8 Å². The Morgan fingerprint density at radius 1 is 0.886 bits per heavy atom. The van der Waals surface area contributed by atoms with Crippen molar-refractivity contribution in [2.75, 3.05) is 36.4 Å². The summed E-state index contributed by atoms with van der Waals surface area (Å²) in [5.74, 6) is -0.505. The number of aromatic nitrogens is 2. The Hall–Kier alpha value is -3.95. The fourth-order valence-electron chi connectivity index (χ4n) is 3.91. The standard InChI is InChI=1S/C25H24F3N5O2/c1-16-6-5-9-20(17(16)2)29-23(34)21-10-11-22(31-30-21)32-12-14-33(15-13-32)24(35)18-7-3-4-8-19(18)25(26,27)28/h3-11H,12-15H2,1-2H3,(H,29,34). The lowest BCUT2D eigenvalue weighted by molar-refractivity contribution is -0.138. The van der Waals surface area contributed by atoms with E-state index < -0.39 is 17.6 Å². The molecule has 35 heavy (non-hydrogen) atoms. The van der Waals surface area contributed by atoms with Crippen molar-refractivity contribution in [3.8, 4) is 0 Å². The zero-order valence-corrected chi connectivity index (χ0v) is 19.3. The number of nitrogens with one attached hydrogen (secondary N) is 1. The highest BCUT2D eigenvalue weighted by molar-refractivity contribution is 6.03. The zero-order valence-electron chi connectivity index (χ0n) is 19.3. The smallest absolute Gasteiger partial charge is 0.352 e. The van der Waals surface area contributed by atoms with Crippen LogP contribution >= 0.6 is 0 Å². The maximum absolute atomic E-state index is 13.3. The van der Waals surface area contributed by atoms with E-state index in [0.717, 1.165) is 17.2 Å². The van der Waals surface area contributed by atoms with Crippen LogP contribution in [0.15, 0.2) is 54.6 Å². The lowest BCUT2D eigenvalue weighted by Crippen LogP contribution is -2.49. The van der Waals surface area contributed by atoms with E-state index in [1.165, 1.54) is 23.1 Å². The van der Waals surface area contributed by atoms with Crippen LogP contribution in [0.1, 0.15) is 37.5 Å². The highest BCUT2D eigenvalue weighted by Gasteiger charge is 2.36. The Bertz CT molecular complexity index is 1240. The number of aryl methyl sites for hydroxylation is 1. The Balaban J connectivity index is 1.38. The average molecular weight is 483 g/mol. The molecule has 0 atom stereocenters. The summed E-state index contributed by atoms with van der Waals surface area (Å²) in [6.45, 7) is 5.11. The van der Waals surface area contributed by atoms with Crippen molar-refractivity contribution in [2.45, 2.75) is 20.0 Å². The minimum atomic E-state index is -4.60. The summed E-state index contributed by atoms with van der Waals surface area (Å²) in [7, 11) is 0. The van der Waals surface area contributed by atoms with E-state index in [9.17, 15) is 22.8 Å². The van der Waals surface area contributed by atoms with Crippen molar-refractivity contribution in [1.29, 1.82) is 0 Å². The number of rotatable bonds is 4. The summed E-state index contributed by atoms with van der Waals surface area (Å²) in [6, 6.07) is 13.7. The molecule has 0 bridgehead atoms. The first-order valence-corrected chi connectivity index (χ1v) is 11.1. The fraction of sp³-hybridized carbons (Fsp3) is 0.280. The number of piperazine rings is 1. The van der Waals surface area contributed by atoms with Gasteiger partial charge in [-0.15, -0.1) is 10.2 Å². The molecule has 0 spiro atoms. The molecule has 1 aliphatic heterocycles. The molecule has 182 valence electrons. The van der Waals surface area contributed by atoms with E-state index in [1.807, 2.05) is 36.9 Å². The van der Waals surface area contributed by atoms with Gasteiger partial charge < -0.3 is 15.1 Å². The number of nitrogens with zero attached hydrogens (tertiary/aromatic N) is 4. The van der Waals surface area contributed by atoms with Crippen LogP contribution in [0, 0.1) is 13.8 Å². The predicted octanol–water partition coefficient (Wildman–Crippen LogP) is 4.33. The second-order valence-corrected chi connectivity index (χ2v) is 8.30. The fourth-order valence-corrected chi connectivity index (χ4v) is 3.91. The van der Waals surface area contributed by atoms with Gasteiger partial charge in [-0.1, -0.05) is 24.3 Å². The zero-order chi connectivity index (χ0) is 25.2. The second-order valence-electron chi connectivity index (χ2n) is 8.30. The van der Waals surface area contributed by atoms with E-state index >= 15 is 0 Å². The van der Waals surface area contributed by atoms with Crippen LogP contribution in [-0.2, 0) is 6.18 Å². The first-order valence-electron chi connectivity index (χ1n) is 11.1. The number of hydrogen-bond donors (Lipinski definition) is 1. The molecule has 1 aromatic heterocycles. The number of benzene rings is 2. The van der Waals surface area contributed by atoms with Crippen molar-refractivity contribution in [3.63, 3.8) is 0 Å². The van der Waals surface area contributed by atoms with Crippen molar-refractivity contribution in [2.24, 2.45) is 0 Å². The summed E-state index contributed by atoms with van der Waals surface area (Å²) in [5, 5.41) is 11.0. The molecule has 1 saturated heterocycles. The van der Waals surface area contributed by atoms with Gasteiger partial charge in [0, 0.05) is 31.9 Å². The van der Waals surface area contributed by atoms with Crippen LogP contribution in [0.4, 0.5) is 24.7 Å². The highest BCUT2D eigenvalue weighted by atomic mass is 19.4. The summed E-state index contributed by atoms with van der Waals surface area (Å²) < 4.78 is 39.9. The Kier molecular flexibility index (Phi) is 6.72. The Morgan fingerprint density at radius 3 is 2.26 bits per heavy atom. The lowest BCUT2D eigenvalue weighted by Gasteiger charge is -2.35. The minimum absolute atomic E-state index is 0.159. The summed E-state index contributed by atoms with van der Waals surface area (Å²) in [6.07, 6.45) is -4.60. The van der Waals surface area contributed by atoms with Gasteiger partial charge >= 0.3 is 6.18 Å². The molecule has 1 fully saturated rings. The van der Waals surface area contributed by atoms with Gasteiger partial charge in [-0.25, -0.2) is 0 Å². The summed E-state index contributed by atoms with van der Waals surface area (Å²) in [5.41, 5.74) is 1.60. The normalized spacial score (nSPS) is 14.1. The van der Waals surface area contributed by atoms with E-state index in [0.29, 0.717) is 24.6 Å². The molecule has 1 aliphatic rings. The third-order valence-electron chi connectivity index (χ3n) is 6.09. The van der Waals surface area contributed by atoms with Gasteiger partial charge in [0.1, 0.15) is 0 Å². The van der Waals surface area contributed by atoms with Crippen molar-refractivity contribution in [3.05, 3.63) is 82.5 Å². The van der Waals surface area contributed by atoms with Gasteiger partial charge in [0.05, 0.1) is 11.1 Å². The molecule has 2 heterocycles. The molecular weight excluding hydrogens is 459 g/mol. The minimum Gasteiger partial charge on any atom is -0.352 e. The summed E-state index contributed by atoms with van der Waals surface area (Å²) in [4.78, 5) is 28.6. The molecule has 10 heteroatoms. The van der Waals surface area contributed by atoms with Crippen LogP contribution in [0.3, 0.4) is 0 Å². The van der Waals surface area contributed by atoms with Crippen LogP contribution < -0.4 is 10.2 Å². The SMILES string of the molecule is Cc1cccc(NC(=O)c2ccc(N3CCN(C(=O)c4ccccc4C(F)(F)F)CC3)nn2)c1C. The first-order chi connectivity index (χ1) is 16.6. The molecule has 0 aliphatic carbocycles. The van der Waals surface area contributed by atoms with Gasteiger partial charge in [-0.3, -0.25) is 9.59 Å². The van der Waals surface area contributed by atoms with Crippen LogP contribution in [0.2, 0.25) is 0 Å². The predicted molar refractivity (Wildman–Crippen MR) is 125 cm³/mol. The number of alkyl halides is 3. The highest BCUT2D eigenvalue weighted by Crippen LogP contribution is 2.32. The van der Waals surface area contributed by atoms with Crippen molar-refractivity contribution in [1.82, 2.24) is 15.1 Å². The quantitative estimate of drug-likeness (QED) is 0.598. The third kappa shape index (κ3) is 5.26. The number of hydrogen-bond acceptors (Lipinski definition) is 5. The van der Waals surface area contributed by atoms with Gasteiger partial charge in [0.2, 0.25) is 0 Å². The number of anilines is 2. The van der Waals surface area contributed by atoms with Crippen molar-refractivity contribution < 1.29 is 22.8 Å². The van der Waals surface area contributed by atoms with Crippen LogP contribution in [-0.4, -0.2) is 53.1 Å².